The van der Waals surface area contributed by atoms with Crippen LogP contribution in [-0.4, -0.2) is 24.1 Å². The van der Waals surface area contributed by atoms with Gasteiger partial charge in [0.25, 0.3) is 0 Å². The number of nitrogens with one attached hydrogen (secondary N) is 1. The van der Waals surface area contributed by atoms with Gasteiger partial charge in [0.15, 0.2) is 0 Å². The average Bonchev–Trinajstić information content (AvgIpc) is 3.10. The van der Waals surface area contributed by atoms with E-state index >= 15 is 0 Å². The van der Waals surface area contributed by atoms with Crippen LogP contribution in [-0.2, 0) is 9.53 Å². The molecule has 1 N–H and O–H groups in total. The van der Waals surface area contributed by atoms with Crippen LogP contribution < -0.4 is 5.32 Å². The molecule has 0 radical (unpaired) electrons. The summed E-state index contributed by atoms with van der Waals surface area (Å²) >= 11 is 1.52. The van der Waals surface area contributed by atoms with Gasteiger partial charge in [0.2, 0.25) is 5.91 Å². The molecular weight excluding hydrogens is 272 g/mol. The monoisotopic (exact) mass is 288 g/mol. The van der Waals surface area contributed by atoms with Crippen LogP contribution in [0.3, 0.4) is 0 Å². The summed E-state index contributed by atoms with van der Waals surface area (Å²) in [6, 6.07) is 10.00. The second-order valence-corrected chi connectivity index (χ2v) is 5.85. The number of hydrogen-bond donors (Lipinski definition) is 1. The van der Waals surface area contributed by atoms with Gasteiger partial charge in [0.05, 0.1) is 18.2 Å². The van der Waals surface area contributed by atoms with Crippen LogP contribution >= 0.6 is 11.3 Å². The van der Waals surface area contributed by atoms with E-state index in [0.717, 1.165) is 27.7 Å². The summed E-state index contributed by atoms with van der Waals surface area (Å²) in [6.45, 7) is 3.12. The predicted octanol–water partition coefficient (Wildman–Crippen LogP) is 3.09. The number of aromatic nitrogens is 1. The van der Waals surface area contributed by atoms with E-state index in [2.05, 4.69) is 10.3 Å². The summed E-state index contributed by atoms with van der Waals surface area (Å²) in [4.78, 5) is 16.6. The van der Waals surface area contributed by atoms with Gasteiger partial charge in [-0.25, -0.2) is 4.98 Å². The van der Waals surface area contributed by atoms with Crippen LogP contribution in [0.15, 0.2) is 30.3 Å². The zero-order valence-corrected chi connectivity index (χ0v) is 12.1. The van der Waals surface area contributed by atoms with Crippen molar-refractivity contribution in [2.75, 3.05) is 18.5 Å². The summed E-state index contributed by atoms with van der Waals surface area (Å²) < 4.78 is 5.25. The summed E-state index contributed by atoms with van der Waals surface area (Å²) in [6.07, 6.45) is 0.801. The molecule has 1 unspecified atom stereocenters. The zero-order chi connectivity index (χ0) is 13.9. The maximum atomic E-state index is 12.1. The molecular formula is C15H16N2O2S. The first-order valence-electron chi connectivity index (χ1n) is 6.65. The third kappa shape index (κ3) is 2.73. The van der Waals surface area contributed by atoms with Gasteiger partial charge in [-0.2, -0.15) is 0 Å². The van der Waals surface area contributed by atoms with Gasteiger partial charge in [-0.1, -0.05) is 41.7 Å². The van der Waals surface area contributed by atoms with E-state index in [-0.39, 0.29) is 11.8 Å². The SMILES string of the molecule is Cc1nc(-c2ccccc2)sc1NC(=O)C1CCOC1. The number of hydrogen-bond acceptors (Lipinski definition) is 4. The number of ether oxygens (including phenoxy) is 1. The van der Waals surface area contributed by atoms with Gasteiger partial charge < -0.3 is 10.1 Å². The molecule has 2 heterocycles. The zero-order valence-electron chi connectivity index (χ0n) is 11.3. The lowest BCUT2D eigenvalue weighted by Gasteiger charge is -2.07. The van der Waals surface area contributed by atoms with Gasteiger partial charge in [0, 0.05) is 12.2 Å². The fourth-order valence-electron chi connectivity index (χ4n) is 2.17. The van der Waals surface area contributed by atoms with Crippen molar-refractivity contribution in [1.82, 2.24) is 4.98 Å². The van der Waals surface area contributed by atoms with Crippen LogP contribution in [0.5, 0.6) is 0 Å². The predicted molar refractivity (Wildman–Crippen MR) is 79.8 cm³/mol. The number of carbonyl (C=O) groups excluding carboxylic acids is 1. The minimum Gasteiger partial charge on any atom is -0.381 e. The Labute approximate surface area is 121 Å². The molecule has 4 nitrogen and oxygen atoms in total. The number of nitrogens with zero attached hydrogens (tertiary/aromatic N) is 1. The van der Waals surface area contributed by atoms with Crippen molar-refractivity contribution >= 4 is 22.2 Å². The first kappa shape index (κ1) is 13.3. The van der Waals surface area contributed by atoms with Crippen LogP contribution in [0.4, 0.5) is 5.00 Å². The quantitative estimate of drug-likeness (QED) is 0.944. The van der Waals surface area contributed by atoms with Crippen molar-refractivity contribution in [2.45, 2.75) is 13.3 Å². The average molecular weight is 288 g/mol. The maximum absolute atomic E-state index is 12.1. The first-order chi connectivity index (χ1) is 9.74. The molecule has 3 rings (SSSR count). The fourth-order valence-corrected chi connectivity index (χ4v) is 3.15. The normalized spacial score (nSPS) is 18.1. The van der Waals surface area contributed by atoms with E-state index < -0.39 is 0 Å². The van der Waals surface area contributed by atoms with Crippen LogP contribution in [0.25, 0.3) is 10.6 Å². The lowest BCUT2D eigenvalue weighted by atomic mass is 10.1. The van der Waals surface area contributed by atoms with E-state index in [4.69, 9.17) is 4.74 Å². The van der Waals surface area contributed by atoms with Gasteiger partial charge in [-0.15, -0.1) is 0 Å². The third-order valence-electron chi connectivity index (χ3n) is 3.35. The molecule has 0 saturated carbocycles. The topological polar surface area (TPSA) is 51.2 Å². The number of benzene rings is 1. The fraction of sp³-hybridized carbons (Fsp3) is 0.333. The van der Waals surface area contributed by atoms with E-state index in [0.29, 0.717) is 13.2 Å². The number of anilines is 1. The molecule has 104 valence electrons. The molecule has 2 aromatic rings. The molecule has 0 spiro atoms. The van der Waals surface area contributed by atoms with E-state index in [1.54, 1.807) is 0 Å². The van der Waals surface area contributed by atoms with Crippen molar-refractivity contribution in [3.05, 3.63) is 36.0 Å². The van der Waals surface area contributed by atoms with Crippen molar-refractivity contribution in [1.29, 1.82) is 0 Å². The third-order valence-corrected chi connectivity index (χ3v) is 4.48. The Balaban J connectivity index is 1.77. The molecule has 1 aliphatic rings. The number of thiazole rings is 1. The molecule has 0 bridgehead atoms. The van der Waals surface area contributed by atoms with E-state index in [9.17, 15) is 4.79 Å². The summed E-state index contributed by atoms with van der Waals surface area (Å²) in [5, 5.41) is 4.74. The number of aryl methyl sites for hydroxylation is 1. The highest BCUT2D eigenvalue weighted by atomic mass is 32.1. The molecule has 1 aromatic heterocycles. The largest absolute Gasteiger partial charge is 0.381 e. The summed E-state index contributed by atoms with van der Waals surface area (Å²) in [5.74, 6) is 0.00513. The molecule has 5 heteroatoms. The second kappa shape index (κ2) is 5.73. The van der Waals surface area contributed by atoms with Crippen molar-refractivity contribution < 1.29 is 9.53 Å². The van der Waals surface area contributed by atoms with Crippen LogP contribution in [0, 0.1) is 12.8 Å². The highest BCUT2D eigenvalue weighted by molar-refractivity contribution is 7.19. The van der Waals surface area contributed by atoms with Crippen molar-refractivity contribution in [3.63, 3.8) is 0 Å². The van der Waals surface area contributed by atoms with E-state index in [1.165, 1.54) is 11.3 Å². The van der Waals surface area contributed by atoms with E-state index in [1.807, 2.05) is 37.3 Å². The lowest BCUT2D eigenvalue weighted by molar-refractivity contribution is -0.119. The standard InChI is InChI=1S/C15H16N2O2S/c1-10-14(17-13(18)12-7-8-19-9-12)20-15(16-10)11-5-3-2-4-6-11/h2-6,12H,7-9H2,1H3,(H,17,18). The molecule has 0 aliphatic carbocycles. The summed E-state index contributed by atoms with van der Waals surface area (Å²) in [7, 11) is 0. The Morgan fingerprint density at radius 1 is 1.40 bits per heavy atom. The summed E-state index contributed by atoms with van der Waals surface area (Å²) in [5.41, 5.74) is 1.94. The van der Waals surface area contributed by atoms with Gasteiger partial charge in [-0.3, -0.25) is 4.79 Å². The molecule has 20 heavy (non-hydrogen) atoms. The molecule has 1 fully saturated rings. The lowest BCUT2D eigenvalue weighted by Crippen LogP contribution is -2.22. The highest BCUT2D eigenvalue weighted by Crippen LogP contribution is 2.32. The molecule has 1 aromatic carbocycles. The highest BCUT2D eigenvalue weighted by Gasteiger charge is 2.24. The minimum absolute atomic E-state index is 0.0309. The molecule has 1 amide bonds. The van der Waals surface area contributed by atoms with Crippen molar-refractivity contribution in [2.24, 2.45) is 5.92 Å². The molecule has 1 saturated heterocycles. The minimum atomic E-state index is -0.0309. The maximum Gasteiger partial charge on any atom is 0.230 e. The number of amides is 1. The van der Waals surface area contributed by atoms with Crippen LogP contribution in [0.1, 0.15) is 12.1 Å². The second-order valence-electron chi connectivity index (χ2n) is 4.85. The van der Waals surface area contributed by atoms with Crippen LogP contribution in [0.2, 0.25) is 0 Å². The number of rotatable bonds is 3. The van der Waals surface area contributed by atoms with Gasteiger partial charge in [-0.05, 0) is 13.3 Å². The Bertz CT molecular complexity index is 604. The Morgan fingerprint density at radius 3 is 2.90 bits per heavy atom. The molecule has 1 aliphatic heterocycles. The Morgan fingerprint density at radius 2 is 2.20 bits per heavy atom. The Hall–Kier alpha value is -1.72. The molecule has 1 atom stereocenters. The number of carbonyl (C=O) groups is 1. The Kier molecular flexibility index (Phi) is 3.80. The smallest absolute Gasteiger partial charge is 0.230 e. The van der Waals surface area contributed by atoms with Gasteiger partial charge >= 0.3 is 0 Å². The van der Waals surface area contributed by atoms with Gasteiger partial charge in [0.1, 0.15) is 10.0 Å². The first-order valence-corrected chi connectivity index (χ1v) is 7.47. The van der Waals surface area contributed by atoms with Crippen molar-refractivity contribution in [3.8, 4) is 10.6 Å².